The number of sulfonamides is 1. The molecule has 0 atom stereocenters. The highest BCUT2D eigenvalue weighted by atomic mass is 32.2. The summed E-state index contributed by atoms with van der Waals surface area (Å²) in [6.45, 7) is 5.29. The topological polar surface area (TPSA) is 91.5 Å². The fourth-order valence-corrected chi connectivity index (χ4v) is 4.79. The Morgan fingerprint density at radius 1 is 1.48 bits per heavy atom. The van der Waals surface area contributed by atoms with E-state index in [0.29, 0.717) is 11.3 Å². The second-order valence-electron chi connectivity index (χ2n) is 6.11. The average Bonchev–Trinajstić information content (AvgIpc) is 3.08. The fraction of sp³-hybridized carbons (Fsp3) is 0.529. The van der Waals surface area contributed by atoms with Crippen LogP contribution in [0.3, 0.4) is 0 Å². The third kappa shape index (κ3) is 5.14. The second kappa shape index (κ2) is 8.61. The molecule has 0 aliphatic heterocycles. The van der Waals surface area contributed by atoms with Crippen LogP contribution in [0.1, 0.15) is 38.2 Å². The zero-order chi connectivity index (χ0) is 18.4. The molecule has 8 heteroatoms. The number of nitriles is 1. The van der Waals surface area contributed by atoms with E-state index in [1.165, 1.54) is 18.4 Å². The molecule has 0 radical (unpaired) electrons. The minimum absolute atomic E-state index is 0.0237. The van der Waals surface area contributed by atoms with Crippen LogP contribution in [-0.4, -0.2) is 34.0 Å². The van der Waals surface area contributed by atoms with Crippen LogP contribution in [-0.2, 0) is 14.8 Å². The van der Waals surface area contributed by atoms with Gasteiger partial charge >= 0.3 is 0 Å². The van der Waals surface area contributed by atoms with Crippen LogP contribution in [0.4, 0.5) is 5.00 Å². The van der Waals surface area contributed by atoms with Gasteiger partial charge < -0.3 is 4.74 Å². The lowest BCUT2D eigenvalue weighted by Gasteiger charge is -2.29. The van der Waals surface area contributed by atoms with E-state index in [9.17, 15) is 13.7 Å². The molecule has 1 fully saturated rings. The monoisotopic (exact) mass is 381 g/mol. The molecule has 25 heavy (non-hydrogen) atoms. The van der Waals surface area contributed by atoms with E-state index in [1.54, 1.807) is 6.92 Å². The summed E-state index contributed by atoms with van der Waals surface area (Å²) in [7, 11) is -1.74. The minimum atomic E-state index is -3.18. The maximum absolute atomic E-state index is 11.7. The van der Waals surface area contributed by atoms with Crippen molar-refractivity contribution in [2.45, 2.75) is 38.7 Å². The Balaban J connectivity index is 2.06. The molecule has 1 aromatic rings. The van der Waals surface area contributed by atoms with E-state index in [1.807, 2.05) is 11.4 Å². The molecule has 6 nitrogen and oxygen atoms in total. The summed E-state index contributed by atoms with van der Waals surface area (Å²) in [4.78, 5) is 3.99. The number of allylic oxidation sites excluding steroid dienone is 1. The maximum atomic E-state index is 11.7. The third-order valence-electron chi connectivity index (χ3n) is 4.39. The lowest BCUT2D eigenvalue weighted by atomic mass is 9.88. The van der Waals surface area contributed by atoms with Crippen molar-refractivity contribution in [2.24, 2.45) is 10.9 Å². The molecule has 1 aliphatic carbocycles. The van der Waals surface area contributed by atoms with Crippen LogP contribution in [0.2, 0.25) is 0 Å². The molecule has 1 N–H and O–H groups in total. The van der Waals surface area contributed by atoms with Gasteiger partial charge in [0.05, 0.1) is 29.1 Å². The Morgan fingerprint density at radius 3 is 2.72 bits per heavy atom. The van der Waals surface area contributed by atoms with E-state index in [2.05, 4.69) is 22.5 Å². The molecular weight excluding hydrogens is 358 g/mol. The molecule has 0 bridgehead atoms. The van der Waals surface area contributed by atoms with Crippen molar-refractivity contribution in [2.75, 3.05) is 12.8 Å². The molecule has 1 saturated carbocycles. The minimum Gasteiger partial charge on any atom is -0.489 e. The van der Waals surface area contributed by atoms with E-state index in [-0.39, 0.29) is 17.8 Å². The Labute approximate surface area is 153 Å². The van der Waals surface area contributed by atoms with Gasteiger partial charge in [-0.15, -0.1) is 11.3 Å². The first-order valence-corrected chi connectivity index (χ1v) is 10.7. The lowest BCUT2D eigenvalue weighted by Crippen LogP contribution is -2.30. The van der Waals surface area contributed by atoms with E-state index in [0.717, 1.165) is 36.2 Å². The molecular formula is C17H23N3O3S2. The van der Waals surface area contributed by atoms with Crippen molar-refractivity contribution < 1.29 is 13.2 Å². The van der Waals surface area contributed by atoms with E-state index < -0.39 is 10.0 Å². The van der Waals surface area contributed by atoms with Gasteiger partial charge in [-0.1, -0.05) is 0 Å². The van der Waals surface area contributed by atoms with Crippen LogP contribution in [0, 0.1) is 17.2 Å². The SMILES string of the molecule is C=Nc1sccc1/C(O[C@H]1CC[C@H](CS(=O)(=O)NC)CC1)=C(\C)C#N. The van der Waals surface area contributed by atoms with Crippen molar-refractivity contribution in [1.82, 2.24) is 4.72 Å². The summed E-state index contributed by atoms with van der Waals surface area (Å²) < 4.78 is 31.9. The van der Waals surface area contributed by atoms with Gasteiger partial charge in [-0.05, 0) is 63.7 Å². The standard InChI is InChI=1S/C17H23N3O3S2/c1-12(10-18)16(15-8-9-24-17(15)19-2)23-14-6-4-13(5-7-14)11-25(21,22)20-3/h8-9,13-14,20H,2,4-7,11H2,1,3H3/b16-12-/t13-,14-. The molecule has 0 aromatic carbocycles. The molecule has 1 heterocycles. The number of hydrogen-bond donors (Lipinski definition) is 1. The van der Waals surface area contributed by atoms with Gasteiger partial charge in [0, 0.05) is 0 Å². The van der Waals surface area contributed by atoms with Crippen molar-refractivity contribution in [3.8, 4) is 6.07 Å². The Hall–Kier alpha value is -1.69. The molecule has 0 amide bonds. The number of ether oxygens (including phenoxy) is 1. The lowest BCUT2D eigenvalue weighted by molar-refractivity contribution is 0.108. The van der Waals surface area contributed by atoms with E-state index in [4.69, 9.17) is 4.74 Å². The van der Waals surface area contributed by atoms with Crippen LogP contribution in [0.25, 0.3) is 5.76 Å². The second-order valence-corrected chi connectivity index (χ2v) is 8.98. The summed E-state index contributed by atoms with van der Waals surface area (Å²) in [6, 6.07) is 4.04. The van der Waals surface area contributed by atoms with Crippen LogP contribution in [0.5, 0.6) is 0 Å². The smallest absolute Gasteiger partial charge is 0.211 e. The van der Waals surface area contributed by atoms with Gasteiger partial charge in [0.25, 0.3) is 0 Å². The molecule has 2 rings (SSSR count). The van der Waals surface area contributed by atoms with Crippen LogP contribution < -0.4 is 4.72 Å². The number of nitrogens with one attached hydrogen (secondary N) is 1. The molecule has 1 aromatic heterocycles. The van der Waals surface area contributed by atoms with E-state index >= 15 is 0 Å². The van der Waals surface area contributed by atoms with Gasteiger partial charge in [0.2, 0.25) is 10.0 Å². The maximum Gasteiger partial charge on any atom is 0.211 e. The van der Waals surface area contributed by atoms with Crippen LogP contribution >= 0.6 is 11.3 Å². The summed E-state index contributed by atoms with van der Waals surface area (Å²) >= 11 is 1.45. The molecule has 136 valence electrons. The zero-order valence-corrected chi connectivity index (χ0v) is 16.1. The van der Waals surface area contributed by atoms with Gasteiger partial charge in [0.1, 0.15) is 10.8 Å². The average molecular weight is 382 g/mol. The summed E-state index contributed by atoms with van der Waals surface area (Å²) in [6.07, 6.45) is 3.10. The largest absolute Gasteiger partial charge is 0.489 e. The molecule has 0 unspecified atom stereocenters. The predicted molar refractivity (Wildman–Crippen MR) is 101 cm³/mol. The first-order valence-electron chi connectivity index (χ1n) is 8.13. The van der Waals surface area contributed by atoms with Crippen molar-refractivity contribution in [3.63, 3.8) is 0 Å². The van der Waals surface area contributed by atoms with Gasteiger partial charge in [0.15, 0.2) is 0 Å². The number of rotatable bonds is 7. The molecule has 0 spiro atoms. The van der Waals surface area contributed by atoms with Gasteiger partial charge in [-0.25, -0.2) is 13.1 Å². The predicted octanol–water partition coefficient (Wildman–Crippen LogP) is 3.46. The first kappa shape index (κ1) is 19.6. The molecule has 0 saturated heterocycles. The highest BCUT2D eigenvalue weighted by molar-refractivity contribution is 7.89. The highest BCUT2D eigenvalue weighted by Crippen LogP contribution is 2.37. The highest BCUT2D eigenvalue weighted by Gasteiger charge is 2.27. The Morgan fingerprint density at radius 2 is 2.16 bits per heavy atom. The number of hydrogen-bond acceptors (Lipinski definition) is 6. The summed E-state index contributed by atoms with van der Waals surface area (Å²) in [5.41, 5.74) is 1.29. The Bertz CT molecular complexity index is 782. The Kier molecular flexibility index (Phi) is 6.76. The normalized spacial score (nSPS) is 22.0. The zero-order valence-electron chi connectivity index (χ0n) is 14.5. The van der Waals surface area contributed by atoms with Crippen molar-refractivity contribution in [3.05, 3.63) is 22.6 Å². The first-order chi connectivity index (χ1) is 11.9. The third-order valence-corrected chi connectivity index (χ3v) is 6.76. The number of nitrogens with zero attached hydrogens (tertiary/aromatic N) is 2. The van der Waals surface area contributed by atoms with Crippen molar-refractivity contribution in [1.29, 1.82) is 5.26 Å². The van der Waals surface area contributed by atoms with Crippen LogP contribution in [0.15, 0.2) is 22.0 Å². The number of thiophene rings is 1. The number of aliphatic imine (C=N–C) groups is 1. The quantitative estimate of drug-likeness (QED) is 0.445. The summed E-state index contributed by atoms with van der Waals surface area (Å²) in [5, 5.41) is 11.9. The molecule has 1 aliphatic rings. The van der Waals surface area contributed by atoms with Gasteiger partial charge in [-0.2, -0.15) is 5.26 Å². The van der Waals surface area contributed by atoms with Crippen molar-refractivity contribution >= 4 is 38.8 Å². The van der Waals surface area contributed by atoms with Gasteiger partial charge in [-0.3, -0.25) is 4.99 Å². The summed E-state index contributed by atoms with van der Waals surface area (Å²) in [5.74, 6) is 0.858. The fourth-order valence-electron chi connectivity index (χ4n) is 2.98.